The summed E-state index contributed by atoms with van der Waals surface area (Å²) in [6.07, 6.45) is 4.76. The molecule has 0 bridgehead atoms. The largest absolute Gasteiger partial charge is 0.371 e. The predicted molar refractivity (Wildman–Crippen MR) is 129 cm³/mol. The van der Waals surface area contributed by atoms with Crippen LogP contribution in [0, 0.1) is 5.92 Å². The minimum absolute atomic E-state index is 0.0188. The number of ether oxygens (including phenoxy) is 1. The molecule has 0 radical (unpaired) electrons. The number of carbonyl (C=O) groups excluding carboxylic acids is 1. The maximum atomic E-state index is 12.7. The van der Waals surface area contributed by atoms with Crippen LogP contribution in [-0.2, 0) is 19.6 Å². The van der Waals surface area contributed by atoms with Crippen LogP contribution in [0.3, 0.4) is 0 Å². The van der Waals surface area contributed by atoms with Crippen LogP contribution in [0.5, 0.6) is 0 Å². The van der Waals surface area contributed by atoms with Crippen LogP contribution in [0.15, 0.2) is 24.3 Å². The van der Waals surface area contributed by atoms with E-state index in [1.165, 1.54) is 0 Å². The summed E-state index contributed by atoms with van der Waals surface area (Å²) >= 11 is 0. The van der Waals surface area contributed by atoms with Crippen molar-refractivity contribution in [3.8, 4) is 0 Å². The number of nitrogens with one attached hydrogen (secondary N) is 2. The van der Waals surface area contributed by atoms with E-state index in [9.17, 15) is 13.2 Å². The summed E-state index contributed by atoms with van der Waals surface area (Å²) < 4.78 is 33.0. The number of benzene rings is 1. The van der Waals surface area contributed by atoms with Gasteiger partial charge in [0.25, 0.3) is 0 Å². The highest BCUT2D eigenvalue weighted by atomic mass is 32.2. The Kier molecular flexibility index (Phi) is 8.22. The van der Waals surface area contributed by atoms with Gasteiger partial charge in [-0.3, -0.25) is 4.79 Å². The molecule has 0 atom stereocenters. The van der Waals surface area contributed by atoms with Crippen molar-refractivity contribution < 1.29 is 17.9 Å². The summed E-state index contributed by atoms with van der Waals surface area (Å²) in [7, 11) is -3.27. The van der Waals surface area contributed by atoms with Gasteiger partial charge in [0.1, 0.15) is 0 Å². The number of anilines is 2. The molecule has 0 unspecified atom stereocenters. The van der Waals surface area contributed by atoms with Crippen LogP contribution in [0.2, 0.25) is 0 Å². The molecular weight excluding hydrogens is 426 g/mol. The second-order valence-electron chi connectivity index (χ2n) is 9.46. The Morgan fingerprint density at radius 3 is 2.31 bits per heavy atom. The zero-order chi connectivity index (χ0) is 23.4. The molecule has 180 valence electrons. The number of rotatable bonds is 8. The number of amides is 1. The number of nitrogens with zero attached hydrogens (tertiary/aromatic N) is 1. The summed E-state index contributed by atoms with van der Waals surface area (Å²) in [5.74, 6) is -0.0614. The molecule has 3 rings (SSSR count). The molecule has 1 saturated heterocycles. The van der Waals surface area contributed by atoms with Crippen LogP contribution in [0.4, 0.5) is 11.4 Å². The van der Waals surface area contributed by atoms with Gasteiger partial charge in [0.2, 0.25) is 15.9 Å². The lowest BCUT2D eigenvalue weighted by atomic mass is 9.86. The molecular formula is C24H39N3O4S. The fourth-order valence-corrected chi connectivity index (χ4v) is 5.56. The molecule has 0 spiro atoms. The highest BCUT2D eigenvalue weighted by Gasteiger charge is 2.33. The van der Waals surface area contributed by atoms with E-state index in [2.05, 4.69) is 40.9 Å². The fourth-order valence-electron chi connectivity index (χ4n) is 4.58. The third-order valence-corrected chi connectivity index (χ3v) is 8.99. The average molecular weight is 466 g/mol. The highest BCUT2D eigenvalue weighted by molar-refractivity contribution is 7.90. The van der Waals surface area contributed by atoms with Crippen LogP contribution >= 0.6 is 0 Å². The molecule has 7 nitrogen and oxygen atoms in total. The average Bonchev–Trinajstić information content (AvgIpc) is 2.79. The van der Waals surface area contributed by atoms with Crippen molar-refractivity contribution in [1.82, 2.24) is 4.72 Å². The fraction of sp³-hybridized carbons (Fsp3) is 0.708. The topological polar surface area (TPSA) is 87.7 Å². The van der Waals surface area contributed by atoms with E-state index in [1.54, 1.807) is 13.8 Å². The smallest absolute Gasteiger partial charge is 0.227 e. The van der Waals surface area contributed by atoms with Crippen molar-refractivity contribution in [3.05, 3.63) is 24.3 Å². The lowest BCUT2D eigenvalue weighted by Crippen LogP contribution is -2.51. The first-order chi connectivity index (χ1) is 15.2. The zero-order valence-electron chi connectivity index (χ0n) is 19.9. The second-order valence-corrected chi connectivity index (χ2v) is 11.7. The van der Waals surface area contributed by atoms with Crippen LogP contribution in [-0.4, -0.2) is 50.9 Å². The molecule has 8 heteroatoms. The minimum Gasteiger partial charge on any atom is -0.371 e. The number of hydrogen-bond acceptors (Lipinski definition) is 5. The van der Waals surface area contributed by atoms with Crippen LogP contribution in [0.25, 0.3) is 0 Å². The Morgan fingerprint density at radius 2 is 1.75 bits per heavy atom. The van der Waals surface area contributed by atoms with E-state index in [0.29, 0.717) is 25.7 Å². The first-order valence-electron chi connectivity index (χ1n) is 12.0. The van der Waals surface area contributed by atoms with Gasteiger partial charge in [-0.1, -0.05) is 13.8 Å². The second kappa shape index (κ2) is 10.5. The Morgan fingerprint density at radius 1 is 1.12 bits per heavy atom. The van der Waals surface area contributed by atoms with Crippen LogP contribution < -0.4 is 14.9 Å². The molecule has 32 heavy (non-hydrogen) atoms. The summed E-state index contributed by atoms with van der Waals surface area (Å²) in [5.41, 5.74) is 1.87. The third kappa shape index (κ3) is 6.02. The molecule has 1 aromatic carbocycles. The van der Waals surface area contributed by atoms with E-state index in [-0.39, 0.29) is 23.5 Å². The van der Waals surface area contributed by atoms with Crippen molar-refractivity contribution >= 4 is 27.3 Å². The van der Waals surface area contributed by atoms with Crippen molar-refractivity contribution in [2.75, 3.05) is 29.9 Å². The predicted octanol–water partition coefficient (Wildman–Crippen LogP) is 3.91. The number of hydrogen-bond donors (Lipinski definition) is 2. The van der Waals surface area contributed by atoms with Gasteiger partial charge in [-0.15, -0.1) is 0 Å². The van der Waals surface area contributed by atoms with E-state index in [4.69, 9.17) is 4.74 Å². The first kappa shape index (κ1) is 25.0. The Bertz CT molecular complexity index is 858. The van der Waals surface area contributed by atoms with E-state index in [0.717, 1.165) is 43.9 Å². The normalized spacial score (nSPS) is 23.8. The summed E-state index contributed by atoms with van der Waals surface area (Å²) in [6.45, 7) is 10.2. The van der Waals surface area contributed by atoms with E-state index < -0.39 is 15.3 Å². The molecule has 2 aliphatic rings. The Labute approximate surface area is 193 Å². The molecule has 1 saturated carbocycles. The minimum atomic E-state index is -3.27. The van der Waals surface area contributed by atoms with Gasteiger partial charge in [0, 0.05) is 36.4 Å². The van der Waals surface area contributed by atoms with Gasteiger partial charge in [-0.25, -0.2) is 13.1 Å². The third-order valence-electron chi connectivity index (χ3n) is 7.09. The standard InChI is InChI=1S/C24H39N3O4S/c1-5-24(6-2)17-27(15-16-31-24)22-13-11-20(12-14-22)25-23(28)19-7-9-21(10-8-19)26-32(29,30)18(3)4/h11-14,18-19,21,26H,5-10,15-17H2,1-4H3,(H,25,28). The summed E-state index contributed by atoms with van der Waals surface area (Å²) in [4.78, 5) is 15.1. The SMILES string of the molecule is CCC1(CC)CN(c2ccc(NC(=O)C3CCC(NS(=O)(=O)C(C)C)CC3)cc2)CCO1. The summed E-state index contributed by atoms with van der Waals surface area (Å²) in [6, 6.07) is 7.98. The zero-order valence-corrected chi connectivity index (χ0v) is 20.7. The maximum absolute atomic E-state index is 12.7. The van der Waals surface area contributed by atoms with Crippen molar-refractivity contribution in [1.29, 1.82) is 0 Å². The summed E-state index contributed by atoms with van der Waals surface area (Å²) in [5, 5.41) is 2.60. The molecule has 1 heterocycles. The molecule has 2 fully saturated rings. The van der Waals surface area contributed by atoms with Gasteiger partial charge < -0.3 is 15.0 Å². The highest BCUT2D eigenvalue weighted by Crippen LogP contribution is 2.30. The number of morpholine rings is 1. The Balaban J connectivity index is 1.51. The van der Waals surface area contributed by atoms with Crippen molar-refractivity contribution in [2.24, 2.45) is 5.92 Å². The quantitative estimate of drug-likeness (QED) is 0.608. The van der Waals surface area contributed by atoms with Crippen molar-refractivity contribution in [3.63, 3.8) is 0 Å². The molecule has 0 aromatic heterocycles. The lowest BCUT2D eigenvalue weighted by Gasteiger charge is -2.43. The molecule has 1 aromatic rings. The van der Waals surface area contributed by atoms with Gasteiger partial charge in [0.15, 0.2) is 0 Å². The molecule has 1 amide bonds. The lowest BCUT2D eigenvalue weighted by molar-refractivity contribution is -0.120. The van der Waals surface area contributed by atoms with E-state index in [1.807, 2.05) is 12.1 Å². The van der Waals surface area contributed by atoms with Gasteiger partial charge in [0.05, 0.1) is 17.5 Å². The van der Waals surface area contributed by atoms with Crippen molar-refractivity contribution in [2.45, 2.75) is 83.1 Å². The Hall–Kier alpha value is -1.64. The molecule has 1 aliphatic heterocycles. The van der Waals surface area contributed by atoms with Crippen LogP contribution in [0.1, 0.15) is 66.2 Å². The number of carbonyl (C=O) groups is 1. The van der Waals surface area contributed by atoms with Gasteiger partial charge >= 0.3 is 0 Å². The maximum Gasteiger partial charge on any atom is 0.227 e. The molecule has 1 aliphatic carbocycles. The molecule has 2 N–H and O–H groups in total. The monoisotopic (exact) mass is 465 g/mol. The first-order valence-corrected chi connectivity index (χ1v) is 13.5. The number of sulfonamides is 1. The van der Waals surface area contributed by atoms with E-state index >= 15 is 0 Å². The van der Waals surface area contributed by atoms with Gasteiger partial charge in [-0.05, 0) is 76.6 Å². The van der Waals surface area contributed by atoms with Gasteiger partial charge in [-0.2, -0.15) is 0 Å².